The van der Waals surface area contributed by atoms with E-state index >= 15 is 0 Å². The smallest absolute Gasteiger partial charge is 0.272 e. The highest BCUT2D eigenvalue weighted by Gasteiger charge is 2.31. The minimum Gasteiger partial charge on any atom is -0.336 e. The number of hydrogen-bond donors (Lipinski definition) is 1. The summed E-state index contributed by atoms with van der Waals surface area (Å²) in [4.78, 5) is 17.8. The Morgan fingerprint density at radius 1 is 1.00 bits per heavy atom. The highest BCUT2D eigenvalue weighted by Crippen LogP contribution is 2.20. The first-order valence-electron chi connectivity index (χ1n) is 9.70. The van der Waals surface area contributed by atoms with Crippen LogP contribution in [0.4, 0.5) is 4.39 Å². The molecule has 162 valence electrons. The summed E-state index contributed by atoms with van der Waals surface area (Å²) < 4.78 is 42.3. The number of H-pyrrole nitrogens is 1. The largest absolute Gasteiger partial charge is 0.336 e. The Bertz CT molecular complexity index is 1260. The van der Waals surface area contributed by atoms with Crippen molar-refractivity contribution >= 4 is 28.1 Å². The fourth-order valence-corrected chi connectivity index (χ4v) is 5.21. The summed E-state index contributed by atoms with van der Waals surface area (Å²) in [5, 5.41) is 0. The van der Waals surface area contributed by atoms with Crippen molar-refractivity contribution in [2.24, 2.45) is 0 Å². The molecule has 0 unspecified atom stereocenters. The summed E-state index contributed by atoms with van der Waals surface area (Å²) in [5.74, 6) is -0.659. The molecular weight excluding hydrogens is 439 g/mol. The molecule has 2 heterocycles. The third-order valence-corrected chi connectivity index (χ3v) is 7.48. The van der Waals surface area contributed by atoms with E-state index in [9.17, 15) is 17.6 Å². The minimum absolute atomic E-state index is 0.198. The van der Waals surface area contributed by atoms with Crippen molar-refractivity contribution < 1.29 is 17.6 Å². The molecule has 31 heavy (non-hydrogen) atoms. The number of piperazine rings is 1. The van der Waals surface area contributed by atoms with E-state index in [0.717, 1.165) is 5.56 Å². The number of benzene rings is 2. The summed E-state index contributed by atoms with van der Waals surface area (Å²) >= 11 is 5.29. The maximum absolute atomic E-state index is 13.3. The van der Waals surface area contributed by atoms with Crippen LogP contribution >= 0.6 is 12.2 Å². The van der Waals surface area contributed by atoms with Gasteiger partial charge in [-0.3, -0.25) is 9.36 Å². The number of imidazole rings is 1. The zero-order valence-electron chi connectivity index (χ0n) is 16.8. The van der Waals surface area contributed by atoms with E-state index in [-0.39, 0.29) is 42.8 Å². The first-order valence-corrected chi connectivity index (χ1v) is 11.5. The number of halogens is 1. The number of aryl methyl sites for hydroxylation is 1. The zero-order valence-corrected chi connectivity index (χ0v) is 18.4. The molecule has 0 spiro atoms. The third kappa shape index (κ3) is 4.18. The molecule has 0 saturated carbocycles. The summed E-state index contributed by atoms with van der Waals surface area (Å²) in [5.41, 5.74) is 1.86. The Morgan fingerprint density at radius 2 is 1.61 bits per heavy atom. The third-order valence-electron chi connectivity index (χ3n) is 5.26. The number of aromatic amines is 1. The number of rotatable bonds is 4. The van der Waals surface area contributed by atoms with Crippen molar-refractivity contribution in [2.45, 2.75) is 11.8 Å². The molecule has 0 radical (unpaired) electrons. The van der Waals surface area contributed by atoms with Crippen LogP contribution in [-0.4, -0.2) is 59.3 Å². The van der Waals surface area contributed by atoms with Crippen LogP contribution in [0.25, 0.3) is 5.69 Å². The Balaban J connectivity index is 1.51. The van der Waals surface area contributed by atoms with Gasteiger partial charge in [-0.05, 0) is 55.5 Å². The molecule has 1 fully saturated rings. The molecule has 1 aliphatic heterocycles. The average Bonchev–Trinajstić information content (AvgIpc) is 3.15. The second kappa shape index (κ2) is 8.37. The summed E-state index contributed by atoms with van der Waals surface area (Å²) in [6, 6.07) is 12.4. The lowest BCUT2D eigenvalue weighted by molar-refractivity contribution is 0.0689. The van der Waals surface area contributed by atoms with Gasteiger partial charge in [0, 0.05) is 38.1 Å². The molecule has 10 heteroatoms. The van der Waals surface area contributed by atoms with Crippen LogP contribution in [0.15, 0.2) is 59.6 Å². The molecule has 1 aliphatic rings. The number of sulfonamides is 1. The molecule has 7 nitrogen and oxygen atoms in total. The number of aromatic nitrogens is 2. The van der Waals surface area contributed by atoms with Crippen LogP contribution < -0.4 is 0 Å². The summed E-state index contributed by atoms with van der Waals surface area (Å²) in [6.07, 6.45) is 1.52. The van der Waals surface area contributed by atoms with Crippen molar-refractivity contribution in [2.75, 3.05) is 26.2 Å². The van der Waals surface area contributed by atoms with E-state index in [4.69, 9.17) is 12.2 Å². The number of nitrogens with zero attached hydrogens (tertiary/aromatic N) is 3. The maximum Gasteiger partial charge on any atom is 0.272 e. The zero-order chi connectivity index (χ0) is 22.2. The molecule has 1 N–H and O–H groups in total. The van der Waals surface area contributed by atoms with Gasteiger partial charge in [-0.25, -0.2) is 12.8 Å². The van der Waals surface area contributed by atoms with Crippen LogP contribution in [0.5, 0.6) is 0 Å². The van der Waals surface area contributed by atoms with Gasteiger partial charge in [-0.2, -0.15) is 4.31 Å². The topological polar surface area (TPSA) is 78.4 Å². The molecule has 3 aromatic rings. The lowest BCUT2D eigenvalue weighted by atomic mass is 10.2. The van der Waals surface area contributed by atoms with Crippen LogP contribution in [0.1, 0.15) is 16.1 Å². The lowest BCUT2D eigenvalue weighted by Crippen LogP contribution is -2.50. The van der Waals surface area contributed by atoms with Gasteiger partial charge in [-0.1, -0.05) is 17.7 Å². The molecule has 0 bridgehead atoms. The fourth-order valence-electron chi connectivity index (χ4n) is 3.53. The lowest BCUT2D eigenvalue weighted by Gasteiger charge is -2.34. The highest BCUT2D eigenvalue weighted by molar-refractivity contribution is 7.89. The molecule has 1 amide bonds. The molecule has 2 aromatic carbocycles. The Morgan fingerprint density at radius 3 is 2.23 bits per heavy atom. The number of amides is 1. The number of nitrogens with one attached hydrogen (secondary N) is 1. The molecule has 0 aliphatic carbocycles. The van der Waals surface area contributed by atoms with Gasteiger partial charge >= 0.3 is 0 Å². The highest BCUT2D eigenvalue weighted by atomic mass is 32.2. The first kappa shape index (κ1) is 21.4. The van der Waals surface area contributed by atoms with E-state index < -0.39 is 10.0 Å². The van der Waals surface area contributed by atoms with Gasteiger partial charge in [0.1, 0.15) is 11.5 Å². The van der Waals surface area contributed by atoms with Gasteiger partial charge < -0.3 is 9.88 Å². The van der Waals surface area contributed by atoms with Gasteiger partial charge in [0.05, 0.1) is 4.90 Å². The van der Waals surface area contributed by atoms with Gasteiger partial charge in [0.15, 0.2) is 4.77 Å². The SMILES string of the molecule is Cc1ccc(S(=O)(=O)N2CCN(C(=O)c3c[nH]c(=S)n3-c3ccc(F)cc3)CC2)cc1. The van der Waals surface area contributed by atoms with Crippen LogP contribution in [0, 0.1) is 17.5 Å². The van der Waals surface area contributed by atoms with Gasteiger partial charge in [0.2, 0.25) is 10.0 Å². The quantitative estimate of drug-likeness (QED) is 0.607. The fraction of sp³-hybridized carbons (Fsp3) is 0.238. The van der Waals surface area contributed by atoms with Crippen molar-refractivity contribution in [3.8, 4) is 5.69 Å². The predicted octanol–water partition coefficient (Wildman–Crippen LogP) is 3.13. The number of hydrogen-bond acceptors (Lipinski definition) is 4. The van der Waals surface area contributed by atoms with Gasteiger partial charge in [-0.15, -0.1) is 0 Å². The molecular formula is C21H21FN4O3S2. The van der Waals surface area contributed by atoms with Gasteiger partial charge in [0.25, 0.3) is 5.91 Å². The van der Waals surface area contributed by atoms with Crippen molar-refractivity contribution in [3.63, 3.8) is 0 Å². The Kier molecular flexibility index (Phi) is 5.78. The maximum atomic E-state index is 13.3. The minimum atomic E-state index is -3.61. The Hall–Kier alpha value is -2.82. The van der Waals surface area contributed by atoms with E-state index in [0.29, 0.717) is 16.2 Å². The standard InChI is InChI=1S/C21H21FN4O3S2/c1-15-2-8-18(9-3-15)31(28,29)25-12-10-24(11-13-25)20(27)19-14-23-21(30)26(19)17-6-4-16(22)5-7-17/h2-9,14H,10-13H2,1H3,(H,23,30). The normalized spacial score (nSPS) is 15.2. The second-order valence-electron chi connectivity index (χ2n) is 7.30. The number of carbonyl (C=O) groups is 1. The van der Waals surface area contributed by atoms with Crippen molar-refractivity contribution in [1.82, 2.24) is 18.8 Å². The van der Waals surface area contributed by atoms with E-state index in [1.807, 2.05) is 6.92 Å². The molecule has 0 atom stereocenters. The van der Waals surface area contributed by atoms with Crippen LogP contribution in [0.2, 0.25) is 0 Å². The molecule has 4 rings (SSSR count). The van der Waals surface area contributed by atoms with E-state index in [1.165, 1.54) is 22.6 Å². The summed E-state index contributed by atoms with van der Waals surface area (Å²) in [7, 11) is -3.61. The molecule has 1 aromatic heterocycles. The van der Waals surface area contributed by atoms with Crippen LogP contribution in [-0.2, 0) is 10.0 Å². The average molecular weight is 461 g/mol. The molecule has 1 saturated heterocycles. The second-order valence-corrected chi connectivity index (χ2v) is 9.62. The summed E-state index contributed by atoms with van der Waals surface area (Å²) in [6.45, 7) is 2.80. The van der Waals surface area contributed by atoms with E-state index in [1.54, 1.807) is 45.9 Å². The van der Waals surface area contributed by atoms with Crippen LogP contribution in [0.3, 0.4) is 0 Å². The van der Waals surface area contributed by atoms with E-state index in [2.05, 4.69) is 4.98 Å². The predicted molar refractivity (Wildman–Crippen MR) is 117 cm³/mol. The monoisotopic (exact) mass is 460 g/mol. The first-order chi connectivity index (χ1) is 14.8. The van der Waals surface area contributed by atoms with Crippen molar-refractivity contribution in [1.29, 1.82) is 0 Å². The van der Waals surface area contributed by atoms with Crippen molar-refractivity contribution in [3.05, 3.63) is 76.6 Å². The Labute approximate surface area is 184 Å². The number of carbonyl (C=O) groups excluding carboxylic acids is 1.